The first-order chi connectivity index (χ1) is 11.9. The number of carbonyl (C=O) groups excluding carboxylic acids is 1. The van der Waals surface area contributed by atoms with Gasteiger partial charge in [-0.1, -0.05) is 24.3 Å². The van der Waals surface area contributed by atoms with Gasteiger partial charge in [0, 0.05) is 29.8 Å². The van der Waals surface area contributed by atoms with Crippen molar-refractivity contribution in [2.24, 2.45) is 0 Å². The Hall–Kier alpha value is -3.61. The summed E-state index contributed by atoms with van der Waals surface area (Å²) in [6.45, 7) is 1.39. The van der Waals surface area contributed by atoms with E-state index in [0.717, 1.165) is 0 Å². The molecule has 0 saturated heterocycles. The molecule has 0 radical (unpaired) electrons. The topological polar surface area (TPSA) is 103 Å². The van der Waals surface area contributed by atoms with Crippen LogP contribution in [0, 0.1) is 20.2 Å². The lowest BCUT2D eigenvalue weighted by atomic mass is 10.1. The van der Waals surface area contributed by atoms with Crippen molar-refractivity contribution in [1.29, 1.82) is 0 Å². The maximum Gasteiger partial charge on any atom is 0.270 e. The number of nitro benzene ring substituents is 2. The van der Waals surface area contributed by atoms with Crippen molar-refractivity contribution in [1.82, 2.24) is 0 Å². The molecule has 0 fully saturated rings. The second-order valence-electron chi connectivity index (χ2n) is 5.19. The highest BCUT2D eigenvalue weighted by Gasteiger charge is 2.07. The van der Waals surface area contributed by atoms with Crippen LogP contribution in [0.25, 0.3) is 12.2 Å². The van der Waals surface area contributed by atoms with Crippen molar-refractivity contribution >= 4 is 29.3 Å². The van der Waals surface area contributed by atoms with Gasteiger partial charge in [-0.25, -0.2) is 0 Å². The first-order valence-electron chi connectivity index (χ1n) is 7.26. The van der Waals surface area contributed by atoms with Crippen LogP contribution in [0.1, 0.15) is 18.1 Å². The van der Waals surface area contributed by atoms with Gasteiger partial charge in [-0.15, -0.1) is 0 Å². The molecule has 2 aromatic rings. The number of nitrogens with zero attached hydrogens (tertiary/aromatic N) is 2. The molecule has 126 valence electrons. The van der Waals surface area contributed by atoms with Gasteiger partial charge in [-0.2, -0.15) is 0 Å². The molecule has 0 aliphatic carbocycles. The van der Waals surface area contributed by atoms with Crippen molar-refractivity contribution in [2.45, 2.75) is 6.92 Å². The summed E-state index contributed by atoms with van der Waals surface area (Å²) in [5.41, 5.74) is 1.51. The number of ketones is 1. The molecule has 0 spiro atoms. The zero-order valence-electron chi connectivity index (χ0n) is 13.3. The molecule has 0 bridgehead atoms. The second kappa shape index (κ2) is 7.78. The first kappa shape index (κ1) is 17.7. The Balaban J connectivity index is 2.28. The minimum atomic E-state index is -0.502. The minimum Gasteiger partial charge on any atom is -0.295 e. The predicted octanol–water partition coefficient (Wildman–Crippen LogP) is 4.19. The van der Waals surface area contributed by atoms with Gasteiger partial charge in [0.05, 0.1) is 9.85 Å². The molecular formula is C18H14N2O5. The number of hydrogen-bond acceptors (Lipinski definition) is 5. The van der Waals surface area contributed by atoms with Gasteiger partial charge in [-0.3, -0.25) is 25.0 Å². The van der Waals surface area contributed by atoms with E-state index in [0.29, 0.717) is 16.7 Å². The summed E-state index contributed by atoms with van der Waals surface area (Å²) in [4.78, 5) is 32.2. The van der Waals surface area contributed by atoms with Crippen molar-refractivity contribution in [3.05, 3.63) is 91.5 Å². The zero-order chi connectivity index (χ0) is 18.4. The molecule has 0 heterocycles. The Morgan fingerprint density at radius 3 is 2.12 bits per heavy atom. The number of allylic oxidation sites excluding steroid dienone is 2. The second-order valence-corrected chi connectivity index (χ2v) is 5.19. The van der Waals surface area contributed by atoms with Crippen LogP contribution in [0.4, 0.5) is 11.4 Å². The van der Waals surface area contributed by atoms with E-state index in [4.69, 9.17) is 0 Å². The molecule has 0 saturated carbocycles. The van der Waals surface area contributed by atoms with Gasteiger partial charge in [0.15, 0.2) is 5.78 Å². The average molecular weight is 338 g/mol. The zero-order valence-corrected chi connectivity index (χ0v) is 13.3. The summed E-state index contributed by atoms with van der Waals surface area (Å²) >= 11 is 0. The first-order valence-corrected chi connectivity index (χ1v) is 7.26. The van der Waals surface area contributed by atoms with Crippen molar-refractivity contribution < 1.29 is 14.6 Å². The van der Waals surface area contributed by atoms with Crippen LogP contribution in [0.5, 0.6) is 0 Å². The Bertz CT molecular complexity index is 883. The van der Waals surface area contributed by atoms with E-state index in [2.05, 4.69) is 0 Å². The third kappa shape index (κ3) is 4.93. The summed E-state index contributed by atoms with van der Waals surface area (Å²) in [5.74, 6) is -0.204. The fraction of sp³-hybridized carbons (Fsp3) is 0.0556. The molecule has 0 amide bonds. The van der Waals surface area contributed by atoms with E-state index < -0.39 is 9.85 Å². The highest BCUT2D eigenvalue weighted by atomic mass is 16.6. The van der Waals surface area contributed by atoms with Crippen LogP contribution in [0.2, 0.25) is 0 Å². The van der Waals surface area contributed by atoms with Gasteiger partial charge in [0.25, 0.3) is 11.4 Å². The van der Waals surface area contributed by atoms with Gasteiger partial charge < -0.3 is 0 Å². The molecule has 0 aromatic heterocycles. The van der Waals surface area contributed by atoms with Crippen molar-refractivity contribution in [3.63, 3.8) is 0 Å². The smallest absolute Gasteiger partial charge is 0.270 e. The third-order valence-corrected chi connectivity index (χ3v) is 3.37. The Labute approximate surface area is 143 Å². The van der Waals surface area contributed by atoms with Gasteiger partial charge in [0.2, 0.25) is 0 Å². The quantitative estimate of drug-likeness (QED) is 0.340. The Kier molecular flexibility index (Phi) is 5.52. The molecule has 0 N–H and O–H groups in total. The van der Waals surface area contributed by atoms with Crippen LogP contribution < -0.4 is 0 Å². The standard InChI is InChI=1S/C18H14N2O5/c1-13(21)16(11-15-3-2-4-18(12-15)20(24)25)8-5-14-6-9-17(10-7-14)19(22)23/h2-12H,1H3/b8-5+,16-11+. The summed E-state index contributed by atoms with van der Waals surface area (Å²) in [7, 11) is 0. The monoisotopic (exact) mass is 338 g/mol. The lowest BCUT2D eigenvalue weighted by molar-refractivity contribution is -0.385. The van der Waals surface area contributed by atoms with Crippen molar-refractivity contribution in [2.75, 3.05) is 0 Å². The van der Waals surface area contributed by atoms with Crippen molar-refractivity contribution in [3.8, 4) is 0 Å². The Morgan fingerprint density at radius 1 is 0.920 bits per heavy atom. The van der Waals surface area contributed by atoms with E-state index in [1.54, 1.807) is 42.5 Å². The van der Waals surface area contributed by atoms with Crippen LogP contribution in [0.3, 0.4) is 0 Å². The van der Waals surface area contributed by atoms with Gasteiger partial charge in [-0.05, 0) is 36.3 Å². The van der Waals surface area contributed by atoms with Crippen LogP contribution in [-0.4, -0.2) is 15.6 Å². The number of non-ortho nitro benzene ring substituents is 2. The molecule has 25 heavy (non-hydrogen) atoms. The average Bonchev–Trinajstić information content (AvgIpc) is 2.58. The Morgan fingerprint density at radius 2 is 1.56 bits per heavy atom. The van der Waals surface area contributed by atoms with Crippen LogP contribution >= 0.6 is 0 Å². The summed E-state index contributed by atoms with van der Waals surface area (Å²) < 4.78 is 0. The number of Topliss-reactive ketones (excluding diaryl/α,β-unsaturated/α-hetero) is 1. The number of rotatable bonds is 6. The predicted molar refractivity (Wildman–Crippen MR) is 93.9 cm³/mol. The molecule has 0 aliphatic rings. The lowest BCUT2D eigenvalue weighted by Gasteiger charge is -1.99. The van der Waals surface area contributed by atoms with Crippen LogP contribution in [0.15, 0.2) is 60.2 Å². The van der Waals surface area contributed by atoms with Gasteiger partial charge in [0.1, 0.15) is 0 Å². The molecule has 0 atom stereocenters. The molecule has 2 rings (SSSR count). The SMILES string of the molecule is CC(=O)C(/C=C/c1ccc([N+](=O)[O-])cc1)=C/c1cccc([N+](=O)[O-])c1. The maximum atomic E-state index is 11.8. The summed E-state index contributed by atoms with van der Waals surface area (Å²) in [6, 6.07) is 11.8. The molecule has 2 aromatic carbocycles. The highest BCUT2D eigenvalue weighted by Crippen LogP contribution is 2.18. The molecule has 0 aliphatic heterocycles. The summed E-state index contributed by atoms with van der Waals surface area (Å²) in [6.07, 6.45) is 4.77. The van der Waals surface area contributed by atoms with E-state index >= 15 is 0 Å². The van der Waals surface area contributed by atoms with E-state index in [-0.39, 0.29) is 17.2 Å². The van der Waals surface area contributed by atoms with E-state index in [1.807, 2.05) is 0 Å². The van der Waals surface area contributed by atoms with E-state index in [1.165, 1.54) is 31.2 Å². The fourth-order valence-corrected chi connectivity index (χ4v) is 2.07. The lowest BCUT2D eigenvalue weighted by Crippen LogP contribution is -1.94. The number of nitro groups is 2. The van der Waals surface area contributed by atoms with E-state index in [9.17, 15) is 25.0 Å². The number of benzene rings is 2. The number of hydrogen-bond donors (Lipinski definition) is 0. The van der Waals surface area contributed by atoms with Gasteiger partial charge >= 0.3 is 0 Å². The third-order valence-electron chi connectivity index (χ3n) is 3.37. The number of carbonyl (C=O) groups is 1. The van der Waals surface area contributed by atoms with Crippen LogP contribution in [-0.2, 0) is 4.79 Å². The normalized spacial score (nSPS) is 11.5. The minimum absolute atomic E-state index is 0.0175. The fourth-order valence-electron chi connectivity index (χ4n) is 2.07. The summed E-state index contributed by atoms with van der Waals surface area (Å²) in [5, 5.41) is 21.4. The largest absolute Gasteiger partial charge is 0.295 e. The molecule has 7 heteroatoms. The highest BCUT2D eigenvalue weighted by molar-refractivity contribution is 6.01. The molecule has 0 unspecified atom stereocenters. The molecule has 7 nitrogen and oxygen atoms in total. The maximum absolute atomic E-state index is 11.8. The molecular weight excluding hydrogens is 324 g/mol.